The first kappa shape index (κ1) is 23.0. The summed E-state index contributed by atoms with van der Waals surface area (Å²) in [4.78, 5) is 34.6. The maximum absolute atomic E-state index is 12.9. The average Bonchev–Trinajstić information content (AvgIpc) is 3.39. The van der Waals surface area contributed by atoms with E-state index in [1.54, 1.807) is 12.1 Å². The summed E-state index contributed by atoms with van der Waals surface area (Å²) in [6.45, 7) is 1.67. The lowest BCUT2D eigenvalue weighted by atomic mass is 9.90. The fraction of sp³-hybridized carbons (Fsp3) is 0.409. The third-order valence-corrected chi connectivity index (χ3v) is 7.35. The number of aromatic nitrogens is 2. The van der Waals surface area contributed by atoms with Crippen LogP contribution in [0.15, 0.2) is 24.3 Å². The molecule has 1 fully saturated rings. The van der Waals surface area contributed by atoms with Crippen molar-refractivity contribution in [3.05, 3.63) is 50.6 Å². The highest BCUT2D eigenvalue weighted by Gasteiger charge is 2.30. The molecule has 2 aromatic heterocycles. The molecule has 1 aromatic carbocycles. The Hall–Kier alpha value is -2.13. The molecule has 3 heterocycles. The smallest absolute Gasteiger partial charge is 0.280 e. The lowest BCUT2D eigenvalue weighted by Gasteiger charge is -2.32. The van der Waals surface area contributed by atoms with Crippen LogP contribution in [0, 0.1) is 0 Å². The zero-order valence-electron chi connectivity index (χ0n) is 17.4. The largest absolute Gasteiger partial charge is 0.351 e. The number of hydrogen-bond acceptors (Lipinski definition) is 5. The minimum Gasteiger partial charge on any atom is -0.351 e. The molecule has 170 valence electrons. The van der Waals surface area contributed by atoms with Gasteiger partial charge in [0.25, 0.3) is 11.8 Å². The number of carbonyl (C=O) groups excluding carboxylic acids is 2. The summed E-state index contributed by atoms with van der Waals surface area (Å²) in [6, 6.07) is 7.07. The SMILES string of the molecule is Cl.O=C(N[C@H]1CCCC[C@H]1NC(=O)c1nc2c(s1)CNCC2)c1cc2cc(Cl)ccc2[nH]1. The van der Waals surface area contributed by atoms with Crippen molar-refractivity contribution in [2.24, 2.45) is 0 Å². The predicted molar refractivity (Wildman–Crippen MR) is 129 cm³/mol. The Bertz CT molecular complexity index is 1120. The molecule has 7 nitrogen and oxygen atoms in total. The summed E-state index contributed by atoms with van der Waals surface area (Å²) in [5.74, 6) is -0.319. The molecule has 0 unspecified atom stereocenters. The van der Waals surface area contributed by atoms with Crippen LogP contribution in [0.3, 0.4) is 0 Å². The van der Waals surface area contributed by atoms with E-state index in [1.807, 2.05) is 12.1 Å². The number of fused-ring (bicyclic) bond motifs is 2. The van der Waals surface area contributed by atoms with Crippen LogP contribution in [0.1, 0.15) is 56.5 Å². The van der Waals surface area contributed by atoms with Crippen LogP contribution in [-0.2, 0) is 13.0 Å². The molecule has 0 bridgehead atoms. The molecule has 0 radical (unpaired) electrons. The van der Waals surface area contributed by atoms with Gasteiger partial charge in [-0.05, 0) is 37.1 Å². The van der Waals surface area contributed by atoms with Gasteiger partial charge in [-0.25, -0.2) is 4.98 Å². The molecule has 3 aromatic rings. The van der Waals surface area contributed by atoms with Gasteiger partial charge in [0.1, 0.15) is 5.69 Å². The molecular formula is C22H25Cl2N5O2S. The van der Waals surface area contributed by atoms with Crippen molar-refractivity contribution >= 4 is 58.1 Å². The molecule has 2 atom stereocenters. The van der Waals surface area contributed by atoms with Crippen molar-refractivity contribution in [2.45, 2.75) is 50.7 Å². The highest BCUT2D eigenvalue weighted by Crippen LogP contribution is 2.24. The Balaban J connectivity index is 0.00000245. The number of benzene rings is 1. The molecule has 0 spiro atoms. The summed E-state index contributed by atoms with van der Waals surface area (Å²) in [6.07, 6.45) is 4.58. The van der Waals surface area contributed by atoms with Crippen LogP contribution in [0.2, 0.25) is 5.02 Å². The molecule has 10 heteroatoms. The Morgan fingerprint density at radius 1 is 1.09 bits per heavy atom. The monoisotopic (exact) mass is 493 g/mol. The minimum absolute atomic E-state index is 0. The van der Waals surface area contributed by atoms with Crippen LogP contribution >= 0.6 is 35.3 Å². The summed E-state index contributed by atoms with van der Waals surface area (Å²) < 4.78 is 0. The topological polar surface area (TPSA) is 98.9 Å². The molecule has 1 aliphatic carbocycles. The first-order chi connectivity index (χ1) is 15.1. The van der Waals surface area contributed by atoms with Crippen molar-refractivity contribution < 1.29 is 9.59 Å². The van der Waals surface area contributed by atoms with Crippen LogP contribution < -0.4 is 16.0 Å². The van der Waals surface area contributed by atoms with Gasteiger partial charge in [0, 0.05) is 52.4 Å². The van der Waals surface area contributed by atoms with Gasteiger partial charge in [-0.3, -0.25) is 9.59 Å². The molecule has 1 saturated carbocycles. The second kappa shape index (κ2) is 9.79. The molecule has 1 aliphatic heterocycles. The van der Waals surface area contributed by atoms with Gasteiger partial charge >= 0.3 is 0 Å². The highest BCUT2D eigenvalue weighted by molar-refractivity contribution is 7.13. The summed E-state index contributed by atoms with van der Waals surface area (Å²) in [5, 5.41) is 11.6. The number of nitrogens with one attached hydrogen (secondary N) is 4. The number of carbonyl (C=O) groups is 2. The van der Waals surface area contributed by atoms with Crippen LogP contribution in [0.5, 0.6) is 0 Å². The zero-order valence-corrected chi connectivity index (χ0v) is 19.8. The van der Waals surface area contributed by atoms with Crippen molar-refractivity contribution in [1.29, 1.82) is 0 Å². The van der Waals surface area contributed by atoms with Gasteiger partial charge in [0.15, 0.2) is 5.01 Å². The van der Waals surface area contributed by atoms with Gasteiger partial charge < -0.3 is 20.9 Å². The number of thiazole rings is 1. The van der Waals surface area contributed by atoms with Crippen LogP contribution in [0.25, 0.3) is 10.9 Å². The van der Waals surface area contributed by atoms with E-state index in [0.717, 1.165) is 66.7 Å². The Morgan fingerprint density at radius 3 is 2.59 bits per heavy atom. The maximum atomic E-state index is 12.9. The molecule has 4 N–H and O–H groups in total. The minimum atomic E-state index is -0.172. The number of hydrogen-bond donors (Lipinski definition) is 4. The van der Waals surface area contributed by atoms with Crippen molar-refractivity contribution in [2.75, 3.05) is 6.54 Å². The molecule has 0 saturated heterocycles. The quantitative estimate of drug-likeness (QED) is 0.443. The summed E-state index contributed by atoms with van der Waals surface area (Å²) in [7, 11) is 0. The predicted octanol–water partition coefficient (Wildman–Crippen LogP) is 3.82. The number of nitrogens with zero attached hydrogens (tertiary/aromatic N) is 1. The van der Waals surface area contributed by atoms with Gasteiger partial charge in [0.2, 0.25) is 0 Å². The third-order valence-electron chi connectivity index (χ3n) is 6.02. The summed E-state index contributed by atoms with van der Waals surface area (Å²) in [5.41, 5.74) is 2.39. The van der Waals surface area contributed by atoms with E-state index in [0.29, 0.717) is 15.7 Å². The van der Waals surface area contributed by atoms with Gasteiger partial charge in [-0.1, -0.05) is 24.4 Å². The standard InChI is InChI=1S/C22H24ClN5O2S.ClH/c23-13-5-6-14-12(9-13)10-18(25-14)20(29)26-15-3-1-2-4-16(15)27-21(30)22-28-17-7-8-24-11-19(17)31-22;/h5-6,9-10,15-16,24-25H,1-4,7-8,11H2,(H,26,29)(H,27,30);1H/t15-,16+;/m0./s1. The van der Waals surface area contributed by atoms with E-state index in [2.05, 4.69) is 25.9 Å². The zero-order chi connectivity index (χ0) is 21.4. The van der Waals surface area contributed by atoms with Crippen LogP contribution in [-0.4, -0.2) is 40.4 Å². The van der Waals surface area contributed by atoms with E-state index in [-0.39, 0.29) is 36.3 Å². The van der Waals surface area contributed by atoms with Crippen molar-refractivity contribution in [3.63, 3.8) is 0 Å². The molecule has 5 rings (SSSR count). The first-order valence-electron chi connectivity index (χ1n) is 10.7. The van der Waals surface area contributed by atoms with E-state index in [4.69, 9.17) is 11.6 Å². The van der Waals surface area contributed by atoms with Gasteiger partial charge in [0.05, 0.1) is 5.69 Å². The Morgan fingerprint density at radius 2 is 1.84 bits per heavy atom. The highest BCUT2D eigenvalue weighted by atomic mass is 35.5. The van der Waals surface area contributed by atoms with E-state index < -0.39 is 0 Å². The normalized spacial score (nSPS) is 20.3. The maximum Gasteiger partial charge on any atom is 0.280 e. The number of H-pyrrole nitrogens is 1. The lowest BCUT2D eigenvalue weighted by Crippen LogP contribution is -2.53. The Labute approximate surface area is 201 Å². The molecule has 2 aliphatic rings. The summed E-state index contributed by atoms with van der Waals surface area (Å²) >= 11 is 7.51. The van der Waals surface area contributed by atoms with E-state index in [9.17, 15) is 9.59 Å². The fourth-order valence-corrected chi connectivity index (χ4v) is 5.56. The van der Waals surface area contributed by atoms with Crippen molar-refractivity contribution in [1.82, 2.24) is 25.9 Å². The second-order valence-corrected chi connectivity index (χ2v) is 9.69. The van der Waals surface area contributed by atoms with Gasteiger partial charge in [-0.2, -0.15) is 0 Å². The molecule has 32 heavy (non-hydrogen) atoms. The van der Waals surface area contributed by atoms with Gasteiger partial charge in [-0.15, -0.1) is 23.7 Å². The number of amides is 2. The van der Waals surface area contributed by atoms with Crippen LogP contribution in [0.4, 0.5) is 0 Å². The number of rotatable bonds is 4. The fourth-order valence-electron chi connectivity index (χ4n) is 4.40. The van der Waals surface area contributed by atoms with E-state index >= 15 is 0 Å². The third kappa shape index (κ3) is 4.78. The second-order valence-electron chi connectivity index (χ2n) is 8.17. The molecule has 2 amide bonds. The van der Waals surface area contributed by atoms with Crippen molar-refractivity contribution in [3.8, 4) is 0 Å². The Kier molecular flexibility index (Phi) is 7.05. The average molecular weight is 494 g/mol. The number of halogens is 2. The first-order valence-corrected chi connectivity index (χ1v) is 11.9. The van der Waals surface area contributed by atoms with E-state index in [1.165, 1.54) is 11.3 Å². The molecular weight excluding hydrogens is 469 g/mol. The lowest BCUT2D eigenvalue weighted by molar-refractivity contribution is 0.0860. The number of aromatic amines is 1.